The van der Waals surface area contributed by atoms with Gasteiger partial charge in [0.05, 0.1) is 37.5 Å². The molecular formula is C26H32N4O4. The number of hydrogen-bond acceptors (Lipinski definition) is 6. The molecule has 0 spiro atoms. The fraction of sp³-hybridized carbons (Fsp3) is 0.462. The number of carbonyl (C=O) groups is 1. The summed E-state index contributed by atoms with van der Waals surface area (Å²) in [4.78, 5) is 17.8. The number of carbonyl (C=O) groups excluding carboxylic acids is 1. The van der Waals surface area contributed by atoms with Gasteiger partial charge in [-0.05, 0) is 36.2 Å². The Labute approximate surface area is 200 Å². The molecule has 2 saturated heterocycles. The van der Waals surface area contributed by atoms with E-state index in [2.05, 4.69) is 16.1 Å². The minimum Gasteiger partial charge on any atom is -0.491 e. The summed E-state index contributed by atoms with van der Waals surface area (Å²) in [5.41, 5.74) is 2.93. The molecule has 8 nitrogen and oxygen atoms in total. The topological polar surface area (TPSA) is 68.5 Å². The van der Waals surface area contributed by atoms with Crippen LogP contribution >= 0.6 is 0 Å². The van der Waals surface area contributed by atoms with Crippen LogP contribution in [-0.4, -0.2) is 91.1 Å². The van der Waals surface area contributed by atoms with Crippen LogP contribution in [0.1, 0.15) is 15.9 Å². The van der Waals surface area contributed by atoms with Gasteiger partial charge >= 0.3 is 0 Å². The summed E-state index contributed by atoms with van der Waals surface area (Å²) in [6.07, 6.45) is 4.60. The Balaban J connectivity index is 1.24. The maximum absolute atomic E-state index is 13.6. The first-order valence-corrected chi connectivity index (χ1v) is 12.1. The van der Waals surface area contributed by atoms with Gasteiger partial charge in [0.2, 0.25) is 0 Å². The molecule has 0 unspecified atom stereocenters. The third-order valence-corrected chi connectivity index (χ3v) is 6.54. The Morgan fingerprint density at radius 3 is 2.79 bits per heavy atom. The highest BCUT2D eigenvalue weighted by Gasteiger charge is 2.26. The largest absolute Gasteiger partial charge is 0.491 e. The van der Waals surface area contributed by atoms with E-state index in [0.717, 1.165) is 44.8 Å². The Morgan fingerprint density at radius 1 is 1.03 bits per heavy atom. The lowest BCUT2D eigenvalue weighted by molar-refractivity contribution is 0.0321. The van der Waals surface area contributed by atoms with Gasteiger partial charge in [0.25, 0.3) is 5.91 Å². The molecule has 0 saturated carbocycles. The predicted octanol–water partition coefficient (Wildman–Crippen LogP) is 2.38. The molecule has 1 atom stereocenters. The monoisotopic (exact) mass is 464 g/mol. The lowest BCUT2D eigenvalue weighted by atomic mass is 9.99. The van der Waals surface area contributed by atoms with Crippen molar-refractivity contribution in [3.63, 3.8) is 0 Å². The summed E-state index contributed by atoms with van der Waals surface area (Å²) in [6, 6.07) is 13.7. The van der Waals surface area contributed by atoms with Crippen LogP contribution in [0.2, 0.25) is 0 Å². The first kappa shape index (κ1) is 22.8. The summed E-state index contributed by atoms with van der Waals surface area (Å²) in [6.45, 7) is 7.15. The highest BCUT2D eigenvalue weighted by atomic mass is 16.5. The molecule has 4 heterocycles. The summed E-state index contributed by atoms with van der Waals surface area (Å²) < 4.78 is 19.3. The highest BCUT2D eigenvalue weighted by Crippen LogP contribution is 2.23. The van der Waals surface area contributed by atoms with Gasteiger partial charge in [-0.15, -0.1) is 0 Å². The van der Waals surface area contributed by atoms with Crippen molar-refractivity contribution < 1.29 is 19.0 Å². The van der Waals surface area contributed by atoms with E-state index in [4.69, 9.17) is 14.2 Å². The fourth-order valence-corrected chi connectivity index (χ4v) is 4.73. The van der Waals surface area contributed by atoms with Gasteiger partial charge < -0.3 is 19.1 Å². The van der Waals surface area contributed by atoms with Gasteiger partial charge in [-0.1, -0.05) is 18.2 Å². The summed E-state index contributed by atoms with van der Waals surface area (Å²) in [5, 5.41) is 4.34. The van der Waals surface area contributed by atoms with E-state index in [1.807, 2.05) is 58.2 Å². The molecule has 0 bridgehead atoms. The minimum atomic E-state index is 0.0000314. The van der Waals surface area contributed by atoms with Crippen molar-refractivity contribution in [2.75, 3.05) is 65.8 Å². The standard InChI is InChI=1S/C26H32N4O4/c31-26(23-5-1-2-6-25(23)34-17-12-28-10-14-32-15-11-28)29-13-16-33-20-21(19-29)18-22-4-3-9-30-24(22)7-8-27-30/h1-9,21H,10-20H2/t21-/m0/s1. The molecule has 0 radical (unpaired) electrons. The van der Waals surface area contributed by atoms with Crippen molar-refractivity contribution in [2.24, 2.45) is 5.92 Å². The van der Waals surface area contributed by atoms with E-state index >= 15 is 0 Å². The van der Waals surface area contributed by atoms with E-state index in [1.54, 1.807) is 0 Å². The Kier molecular flexibility index (Phi) is 7.38. The number of pyridine rings is 1. The van der Waals surface area contributed by atoms with E-state index in [9.17, 15) is 4.79 Å². The van der Waals surface area contributed by atoms with E-state index < -0.39 is 0 Å². The highest BCUT2D eigenvalue weighted by molar-refractivity contribution is 5.97. The first-order valence-electron chi connectivity index (χ1n) is 12.1. The van der Waals surface area contributed by atoms with Gasteiger partial charge in [-0.3, -0.25) is 9.69 Å². The molecule has 5 rings (SSSR count). The molecular weight excluding hydrogens is 432 g/mol. The second-order valence-corrected chi connectivity index (χ2v) is 8.89. The molecule has 1 aromatic carbocycles. The Bertz CT molecular complexity index is 1100. The quantitative estimate of drug-likeness (QED) is 0.535. The molecule has 0 aliphatic carbocycles. The van der Waals surface area contributed by atoms with Crippen LogP contribution < -0.4 is 4.74 Å². The number of ether oxygens (including phenoxy) is 3. The van der Waals surface area contributed by atoms with Crippen LogP contribution in [0.5, 0.6) is 5.75 Å². The summed E-state index contributed by atoms with van der Waals surface area (Å²) in [7, 11) is 0. The number of morpholine rings is 1. The molecule has 8 heteroatoms. The second kappa shape index (κ2) is 11.0. The van der Waals surface area contributed by atoms with Crippen LogP contribution in [0.15, 0.2) is 54.9 Å². The molecule has 2 aromatic heterocycles. The van der Waals surface area contributed by atoms with E-state index in [-0.39, 0.29) is 11.8 Å². The van der Waals surface area contributed by atoms with Crippen molar-refractivity contribution in [3.05, 3.63) is 66.0 Å². The van der Waals surface area contributed by atoms with Gasteiger partial charge in [0.15, 0.2) is 0 Å². The lowest BCUT2D eigenvalue weighted by Gasteiger charge is -2.27. The number of rotatable bonds is 7. The zero-order chi connectivity index (χ0) is 23.2. The zero-order valence-electron chi connectivity index (χ0n) is 19.5. The third kappa shape index (κ3) is 5.41. The van der Waals surface area contributed by atoms with Crippen LogP contribution in [-0.2, 0) is 15.9 Å². The minimum absolute atomic E-state index is 0.0000314. The lowest BCUT2D eigenvalue weighted by Crippen LogP contribution is -2.39. The average molecular weight is 465 g/mol. The van der Waals surface area contributed by atoms with Crippen LogP contribution in [0.4, 0.5) is 0 Å². The second-order valence-electron chi connectivity index (χ2n) is 8.89. The van der Waals surface area contributed by atoms with E-state index in [1.165, 1.54) is 5.56 Å². The van der Waals surface area contributed by atoms with Crippen molar-refractivity contribution in [3.8, 4) is 5.75 Å². The van der Waals surface area contributed by atoms with Crippen molar-refractivity contribution >= 4 is 11.4 Å². The molecule has 2 fully saturated rings. The molecule has 2 aliphatic rings. The van der Waals surface area contributed by atoms with Crippen molar-refractivity contribution in [1.29, 1.82) is 0 Å². The Hall–Kier alpha value is -2.94. The van der Waals surface area contributed by atoms with Crippen molar-refractivity contribution in [2.45, 2.75) is 6.42 Å². The number of aromatic nitrogens is 2. The predicted molar refractivity (Wildman–Crippen MR) is 128 cm³/mol. The Morgan fingerprint density at radius 2 is 1.88 bits per heavy atom. The van der Waals surface area contributed by atoms with Gasteiger partial charge in [-0.2, -0.15) is 5.10 Å². The molecule has 3 aromatic rings. The van der Waals surface area contributed by atoms with E-state index in [0.29, 0.717) is 44.2 Å². The number of fused-ring (bicyclic) bond motifs is 1. The van der Waals surface area contributed by atoms with Crippen LogP contribution in [0, 0.1) is 5.92 Å². The number of nitrogens with zero attached hydrogens (tertiary/aromatic N) is 4. The summed E-state index contributed by atoms with van der Waals surface area (Å²) in [5.74, 6) is 0.855. The SMILES string of the molecule is O=C(c1ccccc1OCCN1CCOCC1)N1CCOC[C@@H](Cc2cccn3nccc23)C1. The number of amides is 1. The summed E-state index contributed by atoms with van der Waals surface area (Å²) >= 11 is 0. The number of hydrogen-bond donors (Lipinski definition) is 0. The molecule has 1 amide bonds. The van der Waals surface area contributed by atoms with Crippen molar-refractivity contribution in [1.82, 2.24) is 19.4 Å². The number of para-hydroxylation sites is 1. The zero-order valence-corrected chi connectivity index (χ0v) is 19.5. The first-order chi connectivity index (χ1) is 16.8. The van der Waals surface area contributed by atoms with Gasteiger partial charge in [0, 0.05) is 51.0 Å². The fourth-order valence-electron chi connectivity index (χ4n) is 4.73. The van der Waals surface area contributed by atoms with Crippen LogP contribution in [0.25, 0.3) is 5.52 Å². The molecule has 34 heavy (non-hydrogen) atoms. The molecule has 2 aliphatic heterocycles. The molecule has 0 N–H and O–H groups in total. The third-order valence-electron chi connectivity index (χ3n) is 6.54. The van der Waals surface area contributed by atoms with Gasteiger partial charge in [0.1, 0.15) is 12.4 Å². The number of benzene rings is 1. The normalized spacial score (nSPS) is 19.8. The maximum atomic E-state index is 13.6. The van der Waals surface area contributed by atoms with Gasteiger partial charge in [-0.25, -0.2) is 4.52 Å². The maximum Gasteiger partial charge on any atom is 0.257 e. The van der Waals surface area contributed by atoms with Crippen LogP contribution in [0.3, 0.4) is 0 Å². The molecule has 180 valence electrons. The smallest absolute Gasteiger partial charge is 0.257 e. The average Bonchev–Trinajstić information content (AvgIpc) is 3.24.